The summed E-state index contributed by atoms with van der Waals surface area (Å²) >= 11 is 0. The van der Waals surface area contributed by atoms with Gasteiger partial charge in [0.15, 0.2) is 5.82 Å². The lowest BCUT2D eigenvalue weighted by Gasteiger charge is -2.31. The number of ether oxygens (including phenoxy) is 1. The minimum atomic E-state index is -0.819. The average Bonchev–Trinajstić information content (AvgIpc) is 3.25. The summed E-state index contributed by atoms with van der Waals surface area (Å²) in [5.74, 6) is -1.16. The molecular formula is C25H21F2N5O2. The van der Waals surface area contributed by atoms with E-state index in [9.17, 15) is 9.18 Å². The van der Waals surface area contributed by atoms with Gasteiger partial charge in [0.05, 0.1) is 29.0 Å². The Labute approximate surface area is 194 Å². The molecule has 0 aliphatic carbocycles. The fourth-order valence-electron chi connectivity index (χ4n) is 4.28. The number of hydrogen-bond donors (Lipinski definition) is 0. The number of hydrogen-bond acceptors (Lipinski definition) is 5. The summed E-state index contributed by atoms with van der Waals surface area (Å²) in [7, 11) is 0. The van der Waals surface area contributed by atoms with Gasteiger partial charge < -0.3 is 9.64 Å². The fraction of sp³-hybridized carbons (Fsp3) is 0.200. The summed E-state index contributed by atoms with van der Waals surface area (Å²) in [6, 6.07) is 11.9. The van der Waals surface area contributed by atoms with Crippen LogP contribution in [0.2, 0.25) is 0 Å². The number of halogens is 2. The Morgan fingerprint density at radius 2 is 1.97 bits per heavy atom. The first kappa shape index (κ1) is 21.7. The summed E-state index contributed by atoms with van der Waals surface area (Å²) in [4.78, 5) is 21.7. The fourth-order valence-corrected chi connectivity index (χ4v) is 4.28. The van der Waals surface area contributed by atoms with Crippen molar-refractivity contribution in [1.29, 1.82) is 0 Å². The van der Waals surface area contributed by atoms with Gasteiger partial charge in [0.1, 0.15) is 11.4 Å². The van der Waals surface area contributed by atoms with Crippen molar-refractivity contribution in [3.63, 3.8) is 0 Å². The van der Waals surface area contributed by atoms with Gasteiger partial charge >= 0.3 is 0 Å². The molecule has 0 bridgehead atoms. The molecule has 1 unspecified atom stereocenters. The SMILES string of the molecule is C=CC(=O)N1CCCC(c2nn(-c3ccc(Oc4ccccc4)nc3F)c3cncc(F)c23)C1. The molecule has 1 amide bonds. The van der Waals surface area contributed by atoms with Gasteiger partial charge in [-0.3, -0.25) is 9.78 Å². The van der Waals surface area contributed by atoms with E-state index in [2.05, 4.69) is 21.6 Å². The second-order valence-corrected chi connectivity index (χ2v) is 8.01. The minimum absolute atomic E-state index is 0.0406. The molecule has 5 rings (SSSR count). The van der Waals surface area contributed by atoms with Crippen LogP contribution in [0.1, 0.15) is 24.5 Å². The van der Waals surface area contributed by atoms with Gasteiger partial charge in [0, 0.05) is 25.1 Å². The number of carbonyl (C=O) groups excluding carboxylic acids is 1. The largest absolute Gasteiger partial charge is 0.439 e. The number of piperidine rings is 1. The summed E-state index contributed by atoms with van der Waals surface area (Å²) < 4.78 is 36.9. The lowest BCUT2D eigenvalue weighted by atomic mass is 9.93. The molecule has 0 radical (unpaired) electrons. The van der Waals surface area contributed by atoms with Gasteiger partial charge in [0.25, 0.3) is 0 Å². The Morgan fingerprint density at radius 3 is 2.74 bits per heavy atom. The first-order valence-corrected chi connectivity index (χ1v) is 10.9. The summed E-state index contributed by atoms with van der Waals surface area (Å²) in [6.07, 6.45) is 5.28. The molecule has 1 aliphatic rings. The highest BCUT2D eigenvalue weighted by Crippen LogP contribution is 2.34. The van der Waals surface area contributed by atoms with Crippen molar-refractivity contribution >= 4 is 16.8 Å². The van der Waals surface area contributed by atoms with Gasteiger partial charge in [-0.25, -0.2) is 9.07 Å². The van der Waals surface area contributed by atoms with Gasteiger partial charge in [-0.05, 0) is 37.1 Å². The first-order chi connectivity index (χ1) is 16.5. The molecule has 4 aromatic rings. The highest BCUT2D eigenvalue weighted by atomic mass is 19.1. The van der Waals surface area contributed by atoms with Crippen molar-refractivity contribution in [3.05, 3.63) is 85.0 Å². The molecule has 1 aromatic carbocycles. The zero-order chi connectivity index (χ0) is 23.7. The van der Waals surface area contributed by atoms with Crippen LogP contribution >= 0.6 is 0 Å². The van der Waals surface area contributed by atoms with Crippen LogP contribution in [0.4, 0.5) is 8.78 Å². The zero-order valence-corrected chi connectivity index (χ0v) is 18.2. The highest BCUT2D eigenvalue weighted by Gasteiger charge is 2.29. The molecule has 1 atom stereocenters. The van der Waals surface area contributed by atoms with Gasteiger partial charge in [-0.1, -0.05) is 24.8 Å². The molecule has 0 spiro atoms. The number of nitrogens with zero attached hydrogens (tertiary/aromatic N) is 5. The molecule has 0 N–H and O–H groups in total. The molecule has 0 saturated carbocycles. The molecule has 1 aliphatic heterocycles. The Kier molecular flexibility index (Phi) is 5.75. The standard InChI is InChI=1S/C25H21F2N5O2/c1-2-22(33)31-12-6-7-16(15-31)24-23-18(26)13-28-14-20(23)32(30-24)19-10-11-21(29-25(19)27)34-17-8-4-3-5-9-17/h2-5,8-11,13-14,16H,1,6-7,12,15H2. The van der Waals surface area contributed by atoms with Crippen molar-refractivity contribution in [3.8, 4) is 17.3 Å². The van der Waals surface area contributed by atoms with Crippen LogP contribution in [0, 0.1) is 11.8 Å². The van der Waals surface area contributed by atoms with Crippen molar-refractivity contribution in [2.75, 3.05) is 13.1 Å². The summed E-state index contributed by atoms with van der Waals surface area (Å²) in [6.45, 7) is 4.53. The van der Waals surface area contributed by atoms with E-state index in [-0.39, 0.29) is 28.8 Å². The molecule has 3 aromatic heterocycles. The third kappa shape index (κ3) is 4.00. The van der Waals surface area contributed by atoms with Crippen LogP contribution in [0.25, 0.3) is 16.6 Å². The number of aromatic nitrogens is 4. The maximum Gasteiger partial charge on any atom is 0.245 e. The lowest BCUT2D eigenvalue weighted by molar-refractivity contribution is -0.127. The van der Waals surface area contributed by atoms with Crippen LogP contribution in [0.15, 0.2) is 67.5 Å². The average molecular weight is 461 g/mol. The van der Waals surface area contributed by atoms with Crippen molar-refractivity contribution in [1.82, 2.24) is 24.6 Å². The maximum absolute atomic E-state index is 15.1. The molecule has 34 heavy (non-hydrogen) atoms. The van der Waals surface area contributed by atoms with E-state index in [1.165, 1.54) is 29.1 Å². The van der Waals surface area contributed by atoms with E-state index >= 15 is 4.39 Å². The van der Waals surface area contributed by atoms with E-state index in [1.54, 1.807) is 29.2 Å². The highest BCUT2D eigenvalue weighted by molar-refractivity contribution is 5.87. The second-order valence-electron chi connectivity index (χ2n) is 8.01. The molecular weight excluding hydrogens is 440 g/mol. The lowest BCUT2D eigenvalue weighted by Crippen LogP contribution is -2.38. The van der Waals surface area contributed by atoms with Crippen LogP contribution in [-0.4, -0.2) is 43.6 Å². The number of benzene rings is 1. The Balaban J connectivity index is 1.54. The van der Waals surface area contributed by atoms with E-state index in [0.717, 1.165) is 19.0 Å². The van der Waals surface area contributed by atoms with Crippen molar-refractivity contribution in [2.45, 2.75) is 18.8 Å². The number of pyridine rings is 2. The molecule has 9 heteroatoms. The Morgan fingerprint density at radius 1 is 1.15 bits per heavy atom. The molecule has 7 nitrogen and oxygen atoms in total. The smallest absolute Gasteiger partial charge is 0.245 e. The van der Waals surface area contributed by atoms with E-state index in [4.69, 9.17) is 4.74 Å². The maximum atomic E-state index is 15.1. The first-order valence-electron chi connectivity index (χ1n) is 10.9. The Bertz CT molecular complexity index is 1370. The number of amides is 1. The predicted molar refractivity (Wildman–Crippen MR) is 122 cm³/mol. The molecule has 1 fully saturated rings. The summed E-state index contributed by atoms with van der Waals surface area (Å²) in [5, 5.41) is 4.85. The van der Waals surface area contributed by atoms with E-state index in [0.29, 0.717) is 30.0 Å². The topological polar surface area (TPSA) is 73.1 Å². The van der Waals surface area contributed by atoms with Gasteiger partial charge in [0.2, 0.25) is 17.7 Å². The molecule has 4 heterocycles. The number of para-hydroxylation sites is 1. The van der Waals surface area contributed by atoms with E-state index < -0.39 is 11.8 Å². The third-order valence-corrected chi connectivity index (χ3v) is 5.86. The monoisotopic (exact) mass is 461 g/mol. The number of likely N-dealkylation sites (tertiary alicyclic amines) is 1. The van der Waals surface area contributed by atoms with E-state index in [1.807, 2.05) is 6.07 Å². The third-order valence-electron chi connectivity index (χ3n) is 5.86. The zero-order valence-electron chi connectivity index (χ0n) is 18.2. The molecule has 1 saturated heterocycles. The number of carbonyl (C=O) groups is 1. The number of rotatable bonds is 5. The second kappa shape index (κ2) is 9.01. The molecule has 172 valence electrons. The normalized spacial score (nSPS) is 15.9. The van der Waals surface area contributed by atoms with Crippen LogP contribution in [0.5, 0.6) is 11.6 Å². The van der Waals surface area contributed by atoms with Crippen LogP contribution in [-0.2, 0) is 4.79 Å². The Hall–Kier alpha value is -4.14. The van der Waals surface area contributed by atoms with Crippen molar-refractivity contribution < 1.29 is 18.3 Å². The number of fused-ring (bicyclic) bond motifs is 1. The summed E-state index contributed by atoms with van der Waals surface area (Å²) in [5.41, 5.74) is 0.818. The quantitative estimate of drug-likeness (QED) is 0.316. The van der Waals surface area contributed by atoms with Gasteiger partial charge in [-0.15, -0.1) is 0 Å². The van der Waals surface area contributed by atoms with Crippen molar-refractivity contribution in [2.24, 2.45) is 0 Å². The van der Waals surface area contributed by atoms with Crippen LogP contribution < -0.4 is 4.74 Å². The van der Waals surface area contributed by atoms with Gasteiger partial charge in [-0.2, -0.15) is 14.5 Å². The van der Waals surface area contributed by atoms with Crippen LogP contribution in [0.3, 0.4) is 0 Å². The minimum Gasteiger partial charge on any atom is -0.439 e. The predicted octanol–water partition coefficient (Wildman–Crippen LogP) is 4.78.